The SMILES string of the molecule is CCOc1ccc(C)cc1C(Cl)c1cccc(I)c1. The van der Waals surface area contributed by atoms with Crippen molar-refractivity contribution < 1.29 is 4.74 Å². The third kappa shape index (κ3) is 3.63. The molecule has 100 valence electrons. The summed E-state index contributed by atoms with van der Waals surface area (Å²) in [5, 5.41) is -0.184. The summed E-state index contributed by atoms with van der Waals surface area (Å²) in [6, 6.07) is 14.4. The van der Waals surface area contributed by atoms with Crippen LogP contribution in [0.3, 0.4) is 0 Å². The van der Waals surface area contributed by atoms with Gasteiger partial charge in [0.2, 0.25) is 0 Å². The first-order chi connectivity index (χ1) is 9.11. The zero-order chi connectivity index (χ0) is 13.8. The van der Waals surface area contributed by atoms with Gasteiger partial charge in [0, 0.05) is 9.13 Å². The van der Waals surface area contributed by atoms with Crippen molar-refractivity contribution in [2.75, 3.05) is 6.61 Å². The van der Waals surface area contributed by atoms with Gasteiger partial charge in [-0.25, -0.2) is 0 Å². The third-order valence-electron chi connectivity index (χ3n) is 2.88. The minimum atomic E-state index is -0.184. The molecule has 1 nitrogen and oxygen atoms in total. The van der Waals surface area contributed by atoms with Crippen molar-refractivity contribution >= 4 is 34.2 Å². The van der Waals surface area contributed by atoms with E-state index in [0.29, 0.717) is 6.61 Å². The van der Waals surface area contributed by atoms with Crippen molar-refractivity contribution in [3.63, 3.8) is 0 Å². The van der Waals surface area contributed by atoms with E-state index in [-0.39, 0.29) is 5.38 Å². The van der Waals surface area contributed by atoms with E-state index in [0.717, 1.165) is 16.9 Å². The standard InChI is InChI=1S/C16H16ClIO/c1-3-19-15-8-7-11(2)9-14(15)16(17)12-5-4-6-13(18)10-12/h4-10,16H,3H2,1-2H3. The van der Waals surface area contributed by atoms with E-state index < -0.39 is 0 Å². The van der Waals surface area contributed by atoms with Crippen molar-refractivity contribution in [1.82, 2.24) is 0 Å². The Morgan fingerprint density at radius 2 is 2.00 bits per heavy atom. The average molecular weight is 387 g/mol. The second-order valence-corrected chi connectivity index (χ2v) is 6.07. The molecule has 1 atom stereocenters. The van der Waals surface area contributed by atoms with Crippen LogP contribution < -0.4 is 4.74 Å². The quantitative estimate of drug-likeness (QED) is 0.510. The van der Waals surface area contributed by atoms with Gasteiger partial charge in [-0.3, -0.25) is 0 Å². The van der Waals surface area contributed by atoms with E-state index in [1.807, 2.05) is 25.1 Å². The average Bonchev–Trinajstić information content (AvgIpc) is 2.40. The summed E-state index contributed by atoms with van der Waals surface area (Å²) in [4.78, 5) is 0. The molecule has 0 N–H and O–H groups in total. The highest BCUT2D eigenvalue weighted by atomic mass is 127. The fourth-order valence-corrected chi connectivity index (χ4v) is 2.87. The highest BCUT2D eigenvalue weighted by Gasteiger charge is 2.16. The number of hydrogen-bond donors (Lipinski definition) is 0. The summed E-state index contributed by atoms with van der Waals surface area (Å²) in [6.45, 7) is 4.70. The molecule has 0 saturated heterocycles. The number of ether oxygens (including phenoxy) is 1. The highest BCUT2D eigenvalue weighted by Crippen LogP contribution is 2.36. The molecule has 3 heteroatoms. The second-order valence-electron chi connectivity index (χ2n) is 4.39. The van der Waals surface area contributed by atoms with Gasteiger partial charge in [0.15, 0.2) is 0 Å². The first kappa shape index (κ1) is 14.7. The van der Waals surface area contributed by atoms with Gasteiger partial charge in [0.25, 0.3) is 0 Å². The first-order valence-electron chi connectivity index (χ1n) is 6.24. The number of rotatable bonds is 4. The van der Waals surface area contributed by atoms with E-state index in [1.54, 1.807) is 0 Å². The van der Waals surface area contributed by atoms with Crippen LogP contribution in [0.5, 0.6) is 5.75 Å². The highest BCUT2D eigenvalue weighted by molar-refractivity contribution is 14.1. The van der Waals surface area contributed by atoms with E-state index in [4.69, 9.17) is 16.3 Å². The molecular formula is C16H16ClIO. The molecule has 0 aliphatic carbocycles. The maximum atomic E-state index is 6.63. The molecule has 0 aliphatic rings. The molecule has 0 fully saturated rings. The molecule has 0 aromatic heterocycles. The number of hydrogen-bond acceptors (Lipinski definition) is 1. The van der Waals surface area contributed by atoms with E-state index in [2.05, 4.69) is 53.8 Å². The molecule has 19 heavy (non-hydrogen) atoms. The maximum absolute atomic E-state index is 6.63. The van der Waals surface area contributed by atoms with E-state index in [9.17, 15) is 0 Å². The molecule has 0 bridgehead atoms. The zero-order valence-corrected chi connectivity index (χ0v) is 13.9. The second kappa shape index (κ2) is 6.62. The summed E-state index contributed by atoms with van der Waals surface area (Å²) in [7, 11) is 0. The molecule has 0 aliphatic heterocycles. The van der Waals surface area contributed by atoms with Crippen molar-refractivity contribution in [2.45, 2.75) is 19.2 Å². The first-order valence-corrected chi connectivity index (χ1v) is 7.76. The van der Waals surface area contributed by atoms with Crippen LogP contribution in [-0.2, 0) is 0 Å². The third-order valence-corrected chi connectivity index (χ3v) is 4.04. The van der Waals surface area contributed by atoms with Crippen molar-refractivity contribution in [3.8, 4) is 5.75 Å². The van der Waals surface area contributed by atoms with E-state index >= 15 is 0 Å². The Morgan fingerprint density at radius 1 is 1.21 bits per heavy atom. The fourth-order valence-electron chi connectivity index (χ4n) is 2.00. The molecule has 0 saturated carbocycles. The Balaban J connectivity index is 2.42. The van der Waals surface area contributed by atoms with Crippen molar-refractivity contribution in [1.29, 1.82) is 0 Å². The lowest BCUT2D eigenvalue weighted by molar-refractivity contribution is 0.337. The monoisotopic (exact) mass is 386 g/mol. The van der Waals surface area contributed by atoms with Crippen LogP contribution in [0.25, 0.3) is 0 Å². The normalized spacial score (nSPS) is 12.2. The van der Waals surface area contributed by atoms with Crippen LogP contribution in [0.15, 0.2) is 42.5 Å². The predicted octanol–water partition coefficient (Wildman–Crippen LogP) is 5.33. The number of alkyl halides is 1. The van der Waals surface area contributed by atoms with Crippen LogP contribution >= 0.6 is 34.2 Å². The molecule has 1 unspecified atom stereocenters. The number of halogens is 2. The van der Waals surface area contributed by atoms with E-state index in [1.165, 1.54) is 9.13 Å². The summed E-state index contributed by atoms with van der Waals surface area (Å²) in [5.41, 5.74) is 3.32. The van der Waals surface area contributed by atoms with Gasteiger partial charge >= 0.3 is 0 Å². The smallest absolute Gasteiger partial charge is 0.124 e. The van der Waals surface area contributed by atoms with Gasteiger partial charge < -0.3 is 4.74 Å². The Hall–Kier alpha value is -0.740. The Bertz CT molecular complexity index is 568. The van der Waals surface area contributed by atoms with Crippen LogP contribution in [0.1, 0.15) is 29.0 Å². The van der Waals surface area contributed by atoms with Gasteiger partial charge in [-0.2, -0.15) is 0 Å². The van der Waals surface area contributed by atoms with Crippen LogP contribution in [0.2, 0.25) is 0 Å². The lowest BCUT2D eigenvalue weighted by Crippen LogP contribution is -2.01. The van der Waals surface area contributed by atoms with Crippen LogP contribution in [0, 0.1) is 10.5 Å². The van der Waals surface area contributed by atoms with Crippen molar-refractivity contribution in [2.24, 2.45) is 0 Å². The minimum absolute atomic E-state index is 0.184. The molecule has 2 rings (SSSR count). The lowest BCUT2D eigenvalue weighted by atomic mass is 10.0. The lowest BCUT2D eigenvalue weighted by Gasteiger charge is -2.16. The zero-order valence-electron chi connectivity index (χ0n) is 11.0. The van der Waals surface area contributed by atoms with Gasteiger partial charge in [0.05, 0.1) is 12.0 Å². The number of benzene rings is 2. The van der Waals surface area contributed by atoms with Gasteiger partial charge in [0.1, 0.15) is 5.75 Å². The molecule has 2 aromatic rings. The molecule has 0 amide bonds. The van der Waals surface area contributed by atoms with Gasteiger partial charge in [-0.15, -0.1) is 11.6 Å². The van der Waals surface area contributed by atoms with Crippen LogP contribution in [-0.4, -0.2) is 6.61 Å². The summed E-state index contributed by atoms with van der Waals surface area (Å²) < 4.78 is 6.86. The topological polar surface area (TPSA) is 9.23 Å². The van der Waals surface area contributed by atoms with Crippen LogP contribution in [0.4, 0.5) is 0 Å². The number of aryl methyl sites for hydroxylation is 1. The minimum Gasteiger partial charge on any atom is -0.494 e. The maximum Gasteiger partial charge on any atom is 0.124 e. The largest absolute Gasteiger partial charge is 0.494 e. The summed E-state index contributed by atoms with van der Waals surface area (Å²) in [5.74, 6) is 0.868. The molecular weight excluding hydrogens is 371 g/mol. The van der Waals surface area contributed by atoms with Crippen molar-refractivity contribution in [3.05, 3.63) is 62.7 Å². The molecule has 0 spiro atoms. The van der Waals surface area contributed by atoms with Gasteiger partial charge in [-0.1, -0.05) is 29.8 Å². The fraction of sp³-hybridized carbons (Fsp3) is 0.250. The van der Waals surface area contributed by atoms with Gasteiger partial charge in [-0.05, 0) is 60.2 Å². The molecule has 0 heterocycles. The summed E-state index contributed by atoms with van der Waals surface area (Å²) >= 11 is 8.93. The Kier molecular flexibility index (Phi) is 5.11. The Labute approximate surface area is 133 Å². The molecule has 2 aromatic carbocycles. The molecule has 0 radical (unpaired) electrons. The summed E-state index contributed by atoms with van der Waals surface area (Å²) in [6.07, 6.45) is 0. The Morgan fingerprint density at radius 3 is 2.68 bits per heavy atom. The predicted molar refractivity (Wildman–Crippen MR) is 89.2 cm³/mol.